The summed E-state index contributed by atoms with van der Waals surface area (Å²) in [4.78, 5) is 6.55. The molecule has 0 bridgehead atoms. The Morgan fingerprint density at radius 1 is 1.24 bits per heavy atom. The van der Waals surface area contributed by atoms with Crippen LogP contribution < -0.4 is 4.74 Å². The van der Waals surface area contributed by atoms with Gasteiger partial charge in [0.2, 0.25) is 0 Å². The van der Waals surface area contributed by atoms with E-state index in [-0.39, 0.29) is 5.82 Å². The average Bonchev–Trinajstić information content (AvgIpc) is 2.91. The number of hydrogen-bond acceptors (Lipinski definition) is 3. The van der Waals surface area contributed by atoms with Crippen molar-refractivity contribution in [1.29, 1.82) is 0 Å². The van der Waals surface area contributed by atoms with Gasteiger partial charge < -0.3 is 9.64 Å². The van der Waals surface area contributed by atoms with Gasteiger partial charge in [0, 0.05) is 17.8 Å². The lowest BCUT2D eigenvalue weighted by Crippen LogP contribution is -2.30. The molecule has 0 spiro atoms. The largest absolute Gasteiger partial charge is 0.490 e. The smallest absolute Gasteiger partial charge is 0.138 e. The maximum atomic E-state index is 13.0. The second-order valence-corrected chi connectivity index (χ2v) is 5.50. The fourth-order valence-electron chi connectivity index (χ4n) is 2.68. The fourth-order valence-corrected chi connectivity index (χ4v) is 2.68. The van der Waals surface area contributed by atoms with Crippen LogP contribution in [-0.4, -0.2) is 36.1 Å². The van der Waals surface area contributed by atoms with Gasteiger partial charge in [-0.1, -0.05) is 12.1 Å². The Morgan fingerprint density at radius 2 is 2.05 bits per heavy atom. The quantitative estimate of drug-likeness (QED) is 0.861. The zero-order chi connectivity index (χ0) is 14.7. The molecule has 110 valence electrons. The summed E-state index contributed by atoms with van der Waals surface area (Å²) in [6.45, 7) is 1.83. The van der Waals surface area contributed by atoms with Gasteiger partial charge in [0.25, 0.3) is 0 Å². The van der Waals surface area contributed by atoms with Crippen molar-refractivity contribution in [3.05, 3.63) is 48.5 Å². The minimum atomic E-state index is -0.233. The van der Waals surface area contributed by atoms with Crippen LogP contribution in [0.2, 0.25) is 0 Å². The van der Waals surface area contributed by atoms with Crippen LogP contribution in [0.3, 0.4) is 0 Å². The van der Waals surface area contributed by atoms with Crippen molar-refractivity contribution in [1.82, 2.24) is 9.88 Å². The molecular formula is C17H19FN2O. The molecule has 3 rings (SSSR count). The molecule has 1 aromatic heterocycles. The van der Waals surface area contributed by atoms with Crippen molar-refractivity contribution < 1.29 is 9.13 Å². The summed E-state index contributed by atoms with van der Waals surface area (Å²) < 4.78 is 18.8. The number of ether oxygens (including phenoxy) is 1. The van der Waals surface area contributed by atoms with E-state index in [2.05, 4.69) is 16.9 Å². The molecule has 0 amide bonds. The average molecular weight is 286 g/mol. The third-order valence-corrected chi connectivity index (χ3v) is 4.00. The SMILES string of the molecule is CN1CCC[C@H]1COc1cncc(-c2ccc(F)cc2)c1. The Hall–Kier alpha value is -1.94. The van der Waals surface area contributed by atoms with Gasteiger partial charge in [0.15, 0.2) is 0 Å². The van der Waals surface area contributed by atoms with E-state index in [1.165, 1.54) is 25.0 Å². The van der Waals surface area contributed by atoms with Crippen molar-refractivity contribution in [2.24, 2.45) is 0 Å². The first-order valence-corrected chi connectivity index (χ1v) is 7.26. The van der Waals surface area contributed by atoms with Gasteiger partial charge in [-0.2, -0.15) is 0 Å². The van der Waals surface area contributed by atoms with E-state index in [4.69, 9.17) is 4.74 Å². The van der Waals surface area contributed by atoms with E-state index in [1.54, 1.807) is 24.5 Å². The predicted octanol–water partition coefficient (Wildman–Crippen LogP) is 3.36. The Bertz CT molecular complexity index is 600. The number of likely N-dealkylation sites (tertiary alicyclic amines) is 1. The van der Waals surface area contributed by atoms with Crippen molar-refractivity contribution in [3.8, 4) is 16.9 Å². The van der Waals surface area contributed by atoms with Crippen LogP contribution in [-0.2, 0) is 0 Å². The van der Waals surface area contributed by atoms with Gasteiger partial charge in [-0.25, -0.2) is 4.39 Å². The molecule has 0 aliphatic carbocycles. The fraction of sp³-hybridized carbons (Fsp3) is 0.353. The molecule has 4 heteroatoms. The van der Waals surface area contributed by atoms with Gasteiger partial charge in [-0.05, 0) is 50.2 Å². The normalized spacial score (nSPS) is 18.9. The molecule has 0 unspecified atom stereocenters. The van der Waals surface area contributed by atoms with Crippen LogP contribution >= 0.6 is 0 Å². The third-order valence-electron chi connectivity index (χ3n) is 4.00. The standard InChI is InChI=1S/C17H19FN2O/c1-20-8-2-3-16(20)12-21-17-9-14(10-19-11-17)13-4-6-15(18)7-5-13/h4-7,9-11,16H,2-3,8,12H2,1H3/t16-/m0/s1. The molecule has 1 saturated heterocycles. The second-order valence-electron chi connectivity index (χ2n) is 5.50. The first kappa shape index (κ1) is 14.0. The highest BCUT2D eigenvalue weighted by molar-refractivity contribution is 5.63. The van der Waals surface area contributed by atoms with Crippen molar-refractivity contribution >= 4 is 0 Å². The number of likely N-dealkylation sites (N-methyl/N-ethyl adjacent to an activating group) is 1. The molecule has 1 aliphatic rings. The van der Waals surface area contributed by atoms with Crippen LogP contribution in [0.15, 0.2) is 42.7 Å². The van der Waals surface area contributed by atoms with Crippen LogP contribution in [0.5, 0.6) is 5.75 Å². The van der Waals surface area contributed by atoms with Gasteiger partial charge in [-0.15, -0.1) is 0 Å². The maximum absolute atomic E-state index is 13.0. The zero-order valence-electron chi connectivity index (χ0n) is 12.1. The first-order valence-electron chi connectivity index (χ1n) is 7.26. The number of hydrogen-bond donors (Lipinski definition) is 0. The van der Waals surface area contributed by atoms with Crippen molar-refractivity contribution in [2.45, 2.75) is 18.9 Å². The first-order chi connectivity index (χ1) is 10.2. The Morgan fingerprint density at radius 3 is 2.76 bits per heavy atom. The van der Waals surface area contributed by atoms with Crippen LogP contribution in [0.1, 0.15) is 12.8 Å². The molecule has 1 aromatic carbocycles. The highest BCUT2D eigenvalue weighted by atomic mass is 19.1. The molecular weight excluding hydrogens is 267 g/mol. The lowest BCUT2D eigenvalue weighted by molar-refractivity contribution is 0.198. The summed E-state index contributed by atoms with van der Waals surface area (Å²) in [6.07, 6.45) is 5.91. The van der Waals surface area contributed by atoms with E-state index < -0.39 is 0 Å². The third kappa shape index (κ3) is 3.39. The molecule has 0 saturated carbocycles. The number of aromatic nitrogens is 1. The van der Waals surface area contributed by atoms with Gasteiger partial charge in [0.1, 0.15) is 18.2 Å². The molecule has 1 atom stereocenters. The van der Waals surface area contributed by atoms with E-state index in [1.807, 2.05) is 6.07 Å². The number of rotatable bonds is 4. The number of pyridine rings is 1. The molecule has 3 nitrogen and oxygen atoms in total. The van der Waals surface area contributed by atoms with Crippen LogP contribution in [0.25, 0.3) is 11.1 Å². The van der Waals surface area contributed by atoms with E-state index >= 15 is 0 Å². The van der Waals surface area contributed by atoms with Crippen molar-refractivity contribution in [2.75, 3.05) is 20.2 Å². The number of halogens is 1. The van der Waals surface area contributed by atoms with Gasteiger partial charge in [-0.3, -0.25) is 4.98 Å². The summed E-state index contributed by atoms with van der Waals surface area (Å²) in [5.74, 6) is 0.528. The van der Waals surface area contributed by atoms with Crippen LogP contribution in [0.4, 0.5) is 4.39 Å². The summed E-state index contributed by atoms with van der Waals surface area (Å²) in [7, 11) is 2.13. The van der Waals surface area contributed by atoms with Crippen LogP contribution in [0, 0.1) is 5.82 Å². The monoisotopic (exact) mass is 286 g/mol. The highest BCUT2D eigenvalue weighted by Crippen LogP contribution is 2.23. The Labute approximate surface area is 124 Å². The highest BCUT2D eigenvalue weighted by Gasteiger charge is 2.21. The Balaban J connectivity index is 1.69. The number of nitrogens with zero attached hydrogens (tertiary/aromatic N) is 2. The van der Waals surface area contributed by atoms with E-state index in [9.17, 15) is 4.39 Å². The molecule has 2 heterocycles. The van der Waals surface area contributed by atoms with E-state index in [0.717, 1.165) is 23.4 Å². The lowest BCUT2D eigenvalue weighted by Gasteiger charge is -2.19. The molecule has 21 heavy (non-hydrogen) atoms. The lowest BCUT2D eigenvalue weighted by atomic mass is 10.1. The Kier molecular flexibility index (Phi) is 4.15. The summed E-state index contributed by atoms with van der Waals surface area (Å²) >= 11 is 0. The summed E-state index contributed by atoms with van der Waals surface area (Å²) in [5, 5.41) is 0. The zero-order valence-corrected chi connectivity index (χ0v) is 12.1. The maximum Gasteiger partial charge on any atom is 0.138 e. The molecule has 1 aliphatic heterocycles. The summed E-state index contributed by atoms with van der Waals surface area (Å²) in [6, 6.07) is 8.85. The minimum Gasteiger partial charge on any atom is -0.490 e. The van der Waals surface area contributed by atoms with Gasteiger partial charge >= 0.3 is 0 Å². The van der Waals surface area contributed by atoms with Gasteiger partial charge in [0.05, 0.1) is 6.20 Å². The molecule has 0 radical (unpaired) electrons. The summed E-state index contributed by atoms with van der Waals surface area (Å²) in [5.41, 5.74) is 1.87. The molecule has 0 N–H and O–H groups in total. The second kappa shape index (κ2) is 6.22. The van der Waals surface area contributed by atoms with Crippen molar-refractivity contribution in [3.63, 3.8) is 0 Å². The predicted molar refractivity (Wildman–Crippen MR) is 80.8 cm³/mol. The molecule has 1 fully saturated rings. The molecule has 2 aromatic rings. The number of benzene rings is 1. The minimum absolute atomic E-state index is 0.233. The topological polar surface area (TPSA) is 25.4 Å². The van der Waals surface area contributed by atoms with E-state index in [0.29, 0.717) is 12.6 Å².